The monoisotopic (exact) mass is 343 g/mol. The molecular formula is C17H17N3O5. The van der Waals surface area contributed by atoms with E-state index in [0.717, 1.165) is 0 Å². The number of hydrogen-bond donors (Lipinski definition) is 2. The van der Waals surface area contributed by atoms with Crippen LogP contribution in [0.1, 0.15) is 28.8 Å². The number of non-ortho nitro benzene ring substituents is 1. The summed E-state index contributed by atoms with van der Waals surface area (Å²) in [5.74, 6) is -1.17. The van der Waals surface area contributed by atoms with Crippen LogP contribution in [0, 0.1) is 10.1 Å². The molecule has 2 N–H and O–H groups in total. The van der Waals surface area contributed by atoms with Gasteiger partial charge in [-0.05, 0) is 24.6 Å². The van der Waals surface area contributed by atoms with Crippen LogP contribution in [0.25, 0.3) is 0 Å². The largest absolute Gasteiger partial charge is 0.496 e. The third kappa shape index (κ3) is 4.31. The number of carbonyl (C=O) groups is 2. The second-order valence-corrected chi connectivity index (χ2v) is 5.21. The number of rotatable bonds is 5. The third-order valence-corrected chi connectivity index (χ3v) is 3.65. The van der Waals surface area contributed by atoms with Crippen LogP contribution in [0.5, 0.6) is 5.75 Å². The molecule has 0 spiro atoms. The van der Waals surface area contributed by atoms with Gasteiger partial charge in [-0.1, -0.05) is 24.3 Å². The molecule has 1 atom stereocenters. The molecule has 2 rings (SSSR count). The Bertz CT molecular complexity index is 789. The Hall–Kier alpha value is -3.42. The number of nitrogens with one attached hydrogen (secondary N) is 2. The van der Waals surface area contributed by atoms with Gasteiger partial charge in [-0.25, -0.2) is 0 Å². The zero-order valence-electron chi connectivity index (χ0n) is 13.7. The highest BCUT2D eigenvalue weighted by atomic mass is 16.6. The minimum absolute atomic E-state index is 0.0548. The van der Waals surface area contributed by atoms with E-state index in [9.17, 15) is 19.7 Å². The summed E-state index contributed by atoms with van der Waals surface area (Å²) in [5.41, 5.74) is 5.49. The maximum absolute atomic E-state index is 12.2. The minimum Gasteiger partial charge on any atom is -0.496 e. The van der Waals surface area contributed by atoms with E-state index in [1.165, 1.54) is 31.4 Å². The molecule has 8 nitrogen and oxygen atoms in total. The van der Waals surface area contributed by atoms with Crippen molar-refractivity contribution in [2.75, 3.05) is 7.11 Å². The molecule has 130 valence electrons. The van der Waals surface area contributed by atoms with Gasteiger partial charge in [0.05, 0.1) is 23.5 Å². The van der Waals surface area contributed by atoms with E-state index in [0.29, 0.717) is 11.3 Å². The fourth-order valence-electron chi connectivity index (χ4n) is 2.16. The number of para-hydroxylation sites is 1. The molecule has 0 aliphatic heterocycles. The number of benzene rings is 2. The summed E-state index contributed by atoms with van der Waals surface area (Å²) in [4.78, 5) is 34.4. The topological polar surface area (TPSA) is 111 Å². The molecule has 2 aromatic rings. The summed E-state index contributed by atoms with van der Waals surface area (Å²) in [5, 5.41) is 10.6. The summed E-state index contributed by atoms with van der Waals surface area (Å²) < 4.78 is 5.09. The number of nitro groups is 1. The van der Waals surface area contributed by atoms with E-state index in [4.69, 9.17) is 4.74 Å². The van der Waals surface area contributed by atoms with E-state index in [2.05, 4.69) is 10.9 Å². The van der Waals surface area contributed by atoms with Crippen LogP contribution in [-0.2, 0) is 4.79 Å². The average Bonchev–Trinajstić information content (AvgIpc) is 2.65. The zero-order valence-corrected chi connectivity index (χ0v) is 13.7. The number of hydrazine groups is 1. The smallest absolute Gasteiger partial charge is 0.273 e. The van der Waals surface area contributed by atoms with Crippen molar-refractivity contribution < 1.29 is 19.2 Å². The molecule has 2 amide bonds. The Labute approximate surface area is 143 Å². The van der Waals surface area contributed by atoms with Crippen molar-refractivity contribution in [1.29, 1.82) is 0 Å². The fourth-order valence-corrected chi connectivity index (χ4v) is 2.16. The summed E-state index contributed by atoms with van der Waals surface area (Å²) in [6, 6.07) is 12.3. The van der Waals surface area contributed by atoms with E-state index >= 15 is 0 Å². The van der Waals surface area contributed by atoms with Crippen molar-refractivity contribution in [2.24, 2.45) is 0 Å². The highest BCUT2D eigenvalue weighted by molar-refractivity contribution is 5.98. The van der Waals surface area contributed by atoms with Gasteiger partial charge in [0.25, 0.3) is 11.6 Å². The molecule has 0 aliphatic carbocycles. The molecule has 0 fully saturated rings. The van der Waals surface area contributed by atoms with E-state index < -0.39 is 22.7 Å². The molecule has 25 heavy (non-hydrogen) atoms. The van der Waals surface area contributed by atoms with Crippen LogP contribution in [-0.4, -0.2) is 23.8 Å². The lowest BCUT2D eigenvalue weighted by molar-refractivity contribution is -0.384. The Balaban J connectivity index is 1.99. The van der Waals surface area contributed by atoms with Crippen LogP contribution in [0.2, 0.25) is 0 Å². The lowest BCUT2D eigenvalue weighted by Gasteiger charge is -2.14. The first-order valence-corrected chi connectivity index (χ1v) is 7.41. The zero-order chi connectivity index (χ0) is 18.4. The van der Waals surface area contributed by atoms with Gasteiger partial charge in [0.1, 0.15) is 5.75 Å². The molecule has 0 heterocycles. The first kappa shape index (κ1) is 17.9. The van der Waals surface area contributed by atoms with Gasteiger partial charge in [0.15, 0.2) is 0 Å². The molecule has 0 unspecified atom stereocenters. The highest BCUT2D eigenvalue weighted by Gasteiger charge is 2.18. The van der Waals surface area contributed by atoms with Crippen LogP contribution >= 0.6 is 0 Å². The van der Waals surface area contributed by atoms with Gasteiger partial charge in [-0.3, -0.25) is 30.6 Å². The maximum Gasteiger partial charge on any atom is 0.273 e. The molecule has 0 radical (unpaired) electrons. The number of methoxy groups -OCH3 is 1. The summed E-state index contributed by atoms with van der Waals surface area (Å²) in [7, 11) is 1.45. The minimum atomic E-state index is -0.598. The van der Waals surface area contributed by atoms with Crippen molar-refractivity contribution in [1.82, 2.24) is 10.9 Å². The van der Waals surface area contributed by atoms with Crippen LogP contribution in [0.15, 0.2) is 48.5 Å². The van der Waals surface area contributed by atoms with Crippen molar-refractivity contribution >= 4 is 17.5 Å². The molecule has 0 bridgehead atoms. The summed E-state index contributed by atoms with van der Waals surface area (Å²) >= 11 is 0. The number of carbonyl (C=O) groups excluding carboxylic acids is 2. The Morgan fingerprint density at radius 3 is 2.32 bits per heavy atom. The van der Waals surface area contributed by atoms with Gasteiger partial charge < -0.3 is 4.74 Å². The molecule has 8 heteroatoms. The van der Waals surface area contributed by atoms with E-state index in [1.807, 2.05) is 0 Å². The van der Waals surface area contributed by atoms with Gasteiger partial charge in [0, 0.05) is 12.1 Å². The highest BCUT2D eigenvalue weighted by Crippen LogP contribution is 2.19. The average molecular weight is 343 g/mol. The van der Waals surface area contributed by atoms with E-state index in [-0.39, 0.29) is 11.3 Å². The number of amides is 2. The number of nitro benzene ring substituents is 1. The van der Waals surface area contributed by atoms with Crippen molar-refractivity contribution in [3.8, 4) is 5.75 Å². The molecule has 0 aliphatic rings. The number of ether oxygens (including phenoxy) is 1. The lowest BCUT2D eigenvalue weighted by atomic mass is 10.0. The molecule has 0 saturated carbocycles. The standard InChI is InChI=1S/C17H17N3O5/c1-11(12-7-9-13(10-8-12)20(23)24)16(21)18-19-17(22)14-5-3-4-6-15(14)25-2/h3-11H,1-2H3,(H,18,21)(H,19,22)/t11-/m0/s1. The molecule has 0 aromatic heterocycles. The van der Waals surface area contributed by atoms with Crippen LogP contribution in [0.4, 0.5) is 5.69 Å². The first-order chi connectivity index (χ1) is 11.9. The van der Waals surface area contributed by atoms with Gasteiger partial charge in [-0.2, -0.15) is 0 Å². The third-order valence-electron chi connectivity index (χ3n) is 3.65. The van der Waals surface area contributed by atoms with E-state index in [1.54, 1.807) is 31.2 Å². The number of hydrogen-bond acceptors (Lipinski definition) is 5. The fraction of sp³-hybridized carbons (Fsp3) is 0.176. The van der Waals surface area contributed by atoms with Gasteiger partial charge in [0.2, 0.25) is 5.91 Å². The Kier molecular flexibility index (Phi) is 5.67. The lowest BCUT2D eigenvalue weighted by Crippen LogP contribution is -2.43. The predicted molar refractivity (Wildman–Crippen MR) is 90.1 cm³/mol. The van der Waals surface area contributed by atoms with Crippen molar-refractivity contribution in [3.63, 3.8) is 0 Å². The second-order valence-electron chi connectivity index (χ2n) is 5.21. The summed E-state index contributed by atoms with van der Waals surface area (Å²) in [6.07, 6.45) is 0. The number of nitrogens with zero attached hydrogens (tertiary/aromatic N) is 1. The van der Waals surface area contributed by atoms with Crippen LogP contribution < -0.4 is 15.6 Å². The quantitative estimate of drug-likeness (QED) is 0.638. The maximum atomic E-state index is 12.2. The normalized spacial score (nSPS) is 11.3. The van der Waals surface area contributed by atoms with Gasteiger partial charge >= 0.3 is 0 Å². The first-order valence-electron chi connectivity index (χ1n) is 7.41. The van der Waals surface area contributed by atoms with Crippen LogP contribution in [0.3, 0.4) is 0 Å². The molecular weight excluding hydrogens is 326 g/mol. The molecule has 2 aromatic carbocycles. The van der Waals surface area contributed by atoms with Crippen molar-refractivity contribution in [3.05, 3.63) is 69.8 Å². The summed E-state index contributed by atoms with van der Waals surface area (Å²) in [6.45, 7) is 1.63. The van der Waals surface area contributed by atoms with Gasteiger partial charge in [-0.15, -0.1) is 0 Å². The molecule has 0 saturated heterocycles. The predicted octanol–water partition coefficient (Wildman–Crippen LogP) is 2.17. The van der Waals surface area contributed by atoms with Crippen molar-refractivity contribution in [2.45, 2.75) is 12.8 Å². The SMILES string of the molecule is COc1ccccc1C(=O)NNC(=O)[C@@H](C)c1ccc([N+](=O)[O-])cc1. The second kappa shape index (κ2) is 7.91. The Morgan fingerprint density at radius 1 is 1.08 bits per heavy atom. The Morgan fingerprint density at radius 2 is 1.72 bits per heavy atom.